The maximum Gasteiger partial charge on any atom is 0.355 e. The summed E-state index contributed by atoms with van der Waals surface area (Å²) in [5.41, 5.74) is 0.160. The van der Waals surface area contributed by atoms with Gasteiger partial charge in [0.05, 0.1) is 31.3 Å². The Kier molecular flexibility index (Phi) is 5.85. The van der Waals surface area contributed by atoms with Crippen LogP contribution in [0.5, 0.6) is 0 Å². The molecule has 1 aliphatic rings. The highest BCUT2D eigenvalue weighted by molar-refractivity contribution is 6.03. The van der Waals surface area contributed by atoms with Gasteiger partial charge >= 0.3 is 11.9 Å². The summed E-state index contributed by atoms with van der Waals surface area (Å²) in [6.07, 6.45) is 0. The molecule has 0 aromatic heterocycles. The highest BCUT2D eigenvalue weighted by Gasteiger charge is 2.35. The zero-order valence-electron chi connectivity index (χ0n) is 15.9. The van der Waals surface area contributed by atoms with E-state index in [1.807, 2.05) is 20.8 Å². The van der Waals surface area contributed by atoms with Gasteiger partial charge in [0.25, 0.3) is 5.69 Å². The van der Waals surface area contributed by atoms with Gasteiger partial charge in [0.15, 0.2) is 0 Å². The lowest BCUT2D eigenvalue weighted by Crippen LogP contribution is -2.39. The maximum absolute atomic E-state index is 12.3. The van der Waals surface area contributed by atoms with Crippen LogP contribution < -0.4 is 4.90 Å². The van der Waals surface area contributed by atoms with E-state index < -0.39 is 16.9 Å². The molecular formula is C18H22N2O7. The molecule has 0 spiro atoms. The van der Waals surface area contributed by atoms with E-state index in [2.05, 4.69) is 0 Å². The highest BCUT2D eigenvalue weighted by atomic mass is 16.6. The topological polar surface area (TPSA) is 108 Å². The number of nitrogens with zero attached hydrogens (tertiary/aromatic N) is 2. The van der Waals surface area contributed by atoms with Gasteiger partial charge in [-0.3, -0.25) is 10.1 Å². The number of methoxy groups -OCH3 is 2. The van der Waals surface area contributed by atoms with E-state index in [1.54, 1.807) is 6.07 Å². The molecule has 0 bridgehead atoms. The van der Waals surface area contributed by atoms with Crippen LogP contribution in [-0.4, -0.2) is 44.4 Å². The number of carbonyl (C=O) groups is 2. The fourth-order valence-corrected chi connectivity index (χ4v) is 2.70. The first-order valence-corrected chi connectivity index (χ1v) is 8.15. The van der Waals surface area contributed by atoms with Crippen LogP contribution in [0.25, 0.3) is 0 Å². The molecule has 0 unspecified atom stereocenters. The third-order valence-corrected chi connectivity index (χ3v) is 4.16. The molecule has 27 heavy (non-hydrogen) atoms. The first-order valence-electron chi connectivity index (χ1n) is 8.15. The van der Waals surface area contributed by atoms with Crippen LogP contribution in [0.3, 0.4) is 0 Å². The first-order chi connectivity index (χ1) is 12.6. The van der Waals surface area contributed by atoms with Gasteiger partial charge in [-0.15, -0.1) is 0 Å². The molecule has 0 aliphatic carbocycles. The lowest BCUT2D eigenvalue weighted by molar-refractivity contribution is -0.384. The average Bonchev–Trinajstić information content (AvgIpc) is 2.64. The van der Waals surface area contributed by atoms with E-state index in [1.165, 1.54) is 24.1 Å². The van der Waals surface area contributed by atoms with Crippen molar-refractivity contribution in [1.29, 1.82) is 0 Å². The number of nitro groups is 1. The van der Waals surface area contributed by atoms with Gasteiger partial charge in [-0.1, -0.05) is 26.8 Å². The van der Waals surface area contributed by atoms with Crippen LogP contribution >= 0.6 is 0 Å². The lowest BCUT2D eigenvalue weighted by Gasteiger charge is -2.31. The Morgan fingerprint density at radius 2 is 1.81 bits per heavy atom. The molecule has 9 nitrogen and oxygen atoms in total. The average molecular weight is 378 g/mol. The summed E-state index contributed by atoms with van der Waals surface area (Å²) in [4.78, 5) is 36.8. The Labute approximate surface area is 156 Å². The normalized spacial score (nSPS) is 14.8. The smallest absolute Gasteiger partial charge is 0.355 e. The second-order valence-electron chi connectivity index (χ2n) is 6.93. The van der Waals surface area contributed by atoms with Crippen LogP contribution in [0.2, 0.25) is 0 Å². The summed E-state index contributed by atoms with van der Waals surface area (Å²) >= 11 is 0. The van der Waals surface area contributed by atoms with E-state index in [0.717, 1.165) is 12.7 Å². The Hall–Kier alpha value is -2.94. The Balaban J connectivity index is 2.69. The van der Waals surface area contributed by atoms with Crippen molar-refractivity contribution in [2.75, 3.05) is 32.5 Å². The van der Waals surface area contributed by atoms with Crippen LogP contribution in [0.4, 0.5) is 11.4 Å². The number of hydrogen-bond donors (Lipinski definition) is 0. The molecule has 2 rings (SSSR count). The first kappa shape index (κ1) is 20.4. The summed E-state index contributed by atoms with van der Waals surface area (Å²) in [6.45, 7) is 5.49. The standard InChI is InChI=1S/C18H22N2O7/c1-18(2,3)11-6-7-13(14(8-11)20(23)24)19-10-27-9-12(16(21)25-4)15(19)17(22)26-5/h6-8H,9-10H2,1-5H3. The fourth-order valence-electron chi connectivity index (χ4n) is 2.70. The molecule has 1 aromatic carbocycles. The van der Waals surface area contributed by atoms with E-state index >= 15 is 0 Å². The number of benzene rings is 1. The molecule has 1 heterocycles. The summed E-state index contributed by atoms with van der Waals surface area (Å²) < 4.78 is 14.8. The predicted octanol–water partition coefficient (Wildman–Crippen LogP) is 2.29. The molecule has 0 atom stereocenters. The molecular weight excluding hydrogens is 356 g/mol. The van der Waals surface area contributed by atoms with Crippen LogP contribution in [0, 0.1) is 10.1 Å². The fraction of sp³-hybridized carbons (Fsp3) is 0.444. The minimum atomic E-state index is -0.812. The van der Waals surface area contributed by atoms with Crippen molar-refractivity contribution in [2.24, 2.45) is 0 Å². The molecule has 0 amide bonds. The summed E-state index contributed by atoms with van der Waals surface area (Å²) in [7, 11) is 2.33. The minimum absolute atomic E-state index is 0.0650. The number of ether oxygens (including phenoxy) is 3. The summed E-state index contributed by atoms with van der Waals surface area (Å²) in [5, 5.41) is 11.7. The molecule has 1 aromatic rings. The molecule has 0 fully saturated rings. The van der Waals surface area contributed by atoms with E-state index in [9.17, 15) is 19.7 Å². The molecule has 146 valence electrons. The zero-order valence-corrected chi connectivity index (χ0v) is 15.9. The number of anilines is 1. The second-order valence-corrected chi connectivity index (χ2v) is 6.93. The van der Waals surface area contributed by atoms with Crippen LogP contribution in [0.1, 0.15) is 26.3 Å². The third-order valence-electron chi connectivity index (χ3n) is 4.16. The Morgan fingerprint density at radius 1 is 1.19 bits per heavy atom. The van der Waals surface area contributed by atoms with Gasteiger partial charge in [-0.05, 0) is 17.0 Å². The van der Waals surface area contributed by atoms with Crippen molar-refractivity contribution in [3.8, 4) is 0 Å². The van der Waals surface area contributed by atoms with Crippen molar-refractivity contribution in [2.45, 2.75) is 26.2 Å². The van der Waals surface area contributed by atoms with E-state index in [4.69, 9.17) is 14.2 Å². The van der Waals surface area contributed by atoms with Crippen molar-refractivity contribution in [1.82, 2.24) is 0 Å². The maximum atomic E-state index is 12.3. The number of nitro benzene ring substituents is 1. The molecule has 9 heteroatoms. The quantitative estimate of drug-likeness (QED) is 0.446. The van der Waals surface area contributed by atoms with Gasteiger partial charge < -0.3 is 19.1 Å². The van der Waals surface area contributed by atoms with Gasteiger partial charge in [-0.2, -0.15) is 0 Å². The summed E-state index contributed by atoms with van der Waals surface area (Å²) in [6, 6.07) is 4.73. The second kappa shape index (κ2) is 7.75. The van der Waals surface area contributed by atoms with Gasteiger partial charge in [-0.25, -0.2) is 9.59 Å². The largest absolute Gasteiger partial charge is 0.466 e. The van der Waals surface area contributed by atoms with E-state index in [-0.39, 0.29) is 41.4 Å². The Morgan fingerprint density at radius 3 is 2.33 bits per heavy atom. The van der Waals surface area contributed by atoms with Crippen LogP contribution in [0.15, 0.2) is 29.5 Å². The van der Waals surface area contributed by atoms with E-state index in [0.29, 0.717) is 0 Å². The zero-order chi connectivity index (χ0) is 20.4. The van der Waals surface area contributed by atoms with Crippen molar-refractivity contribution < 1.29 is 28.7 Å². The third kappa shape index (κ3) is 4.08. The monoisotopic (exact) mass is 378 g/mol. The Bertz CT molecular complexity index is 808. The molecule has 0 radical (unpaired) electrons. The number of rotatable bonds is 4. The number of hydrogen-bond acceptors (Lipinski definition) is 8. The SMILES string of the molecule is COC(=O)C1=C(C(=O)OC)N(c2ccc(C(C)(C)C)cc2[N+](=O)[O-])COC1. The lowest BCUT2D eigenvalue weighted by atomic mass is 9.86. The van der Waals surface area contributed by atoms with Crippen molar-refractivity contribution in [3.05, 3.63) is 45.1 Å². The van der Waals surface area contributed by atoms with Gasteiger partial charge in [0, 0.05) is 6.07 Å². The molecule has 1 aliphatic heterocycles. The molecule has 0 saturated carbocycles. The van der Waals surface area contributed by atoms with Crippen molar-refractivity contribution in [3.63, 3.8) is 0 Å². The van der Waals surface area contributed by atoms with Crippen LogP contribution in [-0.2, 0) is 29.2 Å². The molecule has 0 N–H and O–H groups in total. The van der Waals surface area contributed by atoms with Gasteiger partial charge in [0.2, 0.25) is 0 Å². The molecule has 0 saturated heterocycles. The summed E-state index contributed by atoms with van der Waals surface area (Å²) in [5.74, 6) is -1.58. The minimum Gasteiger partial charge on any atom is -0.466 e. The van der Waals surface area contributed by atoms with Crippen molar-refractivity contribution >= 4 is 23.3 Å². The van der Waals surface area contributed by atoms with Gasteiger partial charge in [0.1, 0.15) is 18.1 Å². The number of carbonyl (C=O) groups excluding carboxylic acids is 2. The predicted molar refractivity (Wildman–Crippen MR) is 96.2 cm³/mol. The number of esters is 2. The highest BCUT2D eigenvalue weighted by Crippen LogP contribution is 2.37.